The van der Waals surface area contributed by atoms with Crippen LogP contribution in [0.25, 0.3) is 0 Å². The molecule has 90 valence electrons. The van der Waals surface area contributed by atoms with Gasteiger partial charge in [0.25, 0.3) is 0 Å². The van der Waals surface area contributed by atoms with E-state index in [1.807, 2.05) is 42.0 Å². The van der Waals surface area contributed by atoms with Gasteiger partial charge in [-0.2, -0.15) is 0 Å². The molecule has 0 aliphatic heterocycles. The van der Waals surface area contributed by atoms with E-state index in [1.165, 1.54) is 5.56 Å². The van der Waals surface area contributed by atoms with Gasteiger partial charge >= 0.3 is 0 Å². The molecular formula is C13H17N3O. The van der Waals surface area contributed by atoms with Crippen LogP contribution >= 0.6 is 0 Å². The third kappa shape index (κ3) is 2.78. The fraction of sp³-hybridized carbons (Fsp3) is 0.308. The SMILES string of the molecule is CCn1cc(N)nc1COc1ccc(C)cc1. The summed E-state index contributed by atoms with van der Waals surface area (Å²) < 4.78 is 7.65. The Bertz CT molecular complexity index is 488. The van der Waals surface area contributed by atoms with E-state index in [9.17, 15) is 0 Å². The maximum absolute atomic E-state index is 5.66. The molecule has 4 nitrogen and oxygen atoms in total. The predicted molar refractivity (Wildman–Crippen MR) is 67.8 cm³/mol. The fourth-order valence-corrected chi connectivity index (χ4v) is 1.65. The van der Waals surface area contributed by atoms with E-state index < -0.39 is 0 Å². The highest BCUT2D eigenvalue weighted by Gasteiger charge is 2.05. The van der Waals surface area contributed by atoms with Gasteiger partial charge < -0.3 is 15.0 Å². The number of benzene rings is 1. The number of aromatic nitrogens is 2. The van der Waals surface area contributed by atoms with Gasteiger partial charge in [0, 0.05) is 12.7 Å². The number of nitrogens with zero attached hydrogens (tertiary/aromatic N) is 2. The molecule has 0 radical (unpaired) electrons. The van der Waals surface area contributed by atoms with Crippen LogP contribution in [0.2, 0.25) is 0 Å². The Kier molecular flexibility index (Phi) is 3.32. The van der Waals surface area contributed by atoms with Crippen molar-refractivity contribution in [1.29, 1.82) is 0 Å². The van der Waals surface area contributed by atoms with Gasteiger partial charge in [-0.05, 0) is 26.0 Å². The molecule has 0 fully saturated rings. The zero-order valence-electron chi connectivity index (χ0n) is 10.2. The summed E-state index contributed by atoms with van der Waals surface area (Å²) in [5.41, 5.74) is 6.88. The Labute approximate surface area is 101 Å². The molecule has 2 rings (SSSR count). The van der Waals surface area contributed by atoms with Crippen LogP contribution in [0.3, 0.4) is 0 Å². The molecule has 0 atom stereocenters. The maximum Gasteiger partial charge on any atom is 0.149 e. The van der Waals surface area contributed by atoms with Gasteiger partial charge in [0.2, 0.25) is 0 Å². The lowest BCUT2D eigenvalue weighted by molar-refractivity contribution is 0.290. The van der Waals surface area contributed by atoms with E-state index in [4.69, 9.17) is 10.5 Å². The monoisotopic (exact) mass is 231 g/mol. The number of nitrogens with two attached hydrogens (primary N) is 1. The average Bonchev–Trinajstić information content (AvgIpc) is 2.69. The van der Waals surface area contributed by atoms with E-state index in [0.29, 0.717) is 12.4 Å². The summed E-state index contributed by atoms with van der Waals surface area (Å²) in [7, 11) is 0. The minimum absolute atomic E-state index is 0.439. The molecule has 0 unspecified atom stereocenters. The first-order valence-corrected chi connectivity index (χ1v) is 5.70. The molecule has 1 heterocycles. The van der Waals surface area contributed by atoms with Crippen molar-refractivity contribution in [2.75, 3.05) is 5.73 Å². The Morgan fingerprint density at radius 1 is 1.29 bits per heavy atom. The van der Waals surface area contributed by atoms with Crippen molar-refractivity contribution in [3.63, 3.8) is 0 Å². The van der Waals surface area contributed by atoms with E-state index >= 15 is 0 Å². The Morgan fingerprint density at radius 2 is 2.00 bits per heavy atom. The van der Waals surface area contributed by atoms with Crippen LogP contribution in [0.4, 0.5) is 5.82 Å². The summed E-state index contributed by atoms with van der Waals surface area (Å²) in [4.78, 5) is 4.23. The lowest BCUT2D eigenvalue weighted by Gasteiger charge is -2.07. The van der Waals surface area contributed by atoms with E-state index in [1.54, 1.807) is 0 Å². The van der Waals surface area contributed by atoms with Gasteiger partial charge in [-0.3, -0.25) is 0 Å². The number of aryl methyl sites for hydroxylation is 2. The van der Waals surface area contributed by atoms with Crippen molar-refractivity contribution < 1.29 is 4.74 Å². The molecular weight excluding hydrogens is 214 g/mol. The molecule has 1 aromatic heterocycles. The minimum Gasteiger partial charge on any atom is -0.486 e. The van der Waals surface area contributed by atoms with Gasteiger partial charge in [0.05, 0.1) is 0 Å². The van der Waals surface area contributed by atoms with Crippen molar-refractivity contribution in [2.24, 2.45) is 0 Å². The molecule has 0 aliphatic rings. The average molecular weight is 231 g/mol. The molecule has 0 spiro atoms. The second-order valence-corrected chi connectivity index (χ2v) is 3.97. The van der Waals surface area contributed by atoms with E-state index in [0.717, 1.165) is 18.1 Å². The third-order valence-electron chi connectivity index (χ3n) is 2.61. The molecule has 0 amide bonds. The van der Waals surface area contributed by atoms with Gasteiger partial charge in [0.15, 0.2) is 0 Å². The molecule has 0 aliphatic carbocycles. The van der Waals surface area contributed by atoms with Gasteiger partial charge in [-0.1, -0.05) is 17.7 Å². The maximum atomic E-state index is 5.66. The smallest absolute Gasteiger partial charge is 0.149 e. The topological polar surface area (TPSA) is 53.1 Å². The van der Waals surface area contributed by atoms with Crippen LogP contribution in [0, 0.1) is 6.92 Å². The van der Waals surface area contributed by atoms with Crippen molar-refractivity contribution in [2.45, 2.75) is 27.0 Å². The summed E-state index contributed by atoms with van der Waals surface area (Å²) in [5, 5.41) is 0. The van der Waals surface area contributed by atoms with Crippen molar-refractivity contribution in [3.05, 3.63) is 41.9 Å². The number of rotatable bonds is 4. The van der Waals surface area contributed by atoms with E-state index in [-0.39, 0.29) is 0 Å². The lowest BCUT2D eigenvalue weighted by atomic mass is 10.2. The summed E-state index contributed by atoms with van der Waals surface area (Å²) in [5.74, 6) is 2.24. The number of nitrogen functional groups attached to an aromatic ring is 1. The number of hydrogen-bond acceptors (Lipinski definition) is 3. The predicted octanol–water partition coefficient (Wildman–Crippen LogP) is 2.37. The normalized spacial score (nSPS) is 10.5. The first-order valence-electron chi connectivity index (χ1n) is 5.70. The van der Waals surface area contributed by atoms with Gasteiger partial charge in [0.1, 0.15) is 24.0 Å². The second kappa shape index (κ2) is 4.91. The molecule has 17 heavy (non-hydrogen) atoms. The second-order valence-electron chi connectivity index (χ2n) is 3.97. The summed E-state index contributed by atoms with van der Waals surface area (Å²) in [6.45, 7) is 5.38. The summed E-state index contributed by atoms with van der Waals surface area (Å²) in [6, 6.07) is 7.96. The Morgan fingerprint density at radius 3 is 2.65 bits per heavy atom. The van der Waals surface area contributed by atoms with Crippen LogP contribution < -0.4 is 10.5 Å². The largest absolute Gasteiger partial charge is 0.486 e. The number of anilines is 1. The lowest BCUT2D eigenvalue weighted by Crippen LogP contribution is -2.05. The van der Waals surface area contributed by atoms with E-state index in [2.05, 4.69) is 11.9 Å². The standard InChI is InChI=1S/C13H17N3O/c1-3-16-8-12(14)15-13(16)9-17-11-6-4-10(2)5-7-11/h4-8H,3,9,14H2,1-2H3. The molecule has 0 saturated heterocycles. The molecule has 2 N–H and O–H groups in total. The van der Waals surface area contributed by atoms with Crippen LogP contribution in [-0.4, -0.2) is 9.55 Å². The summed E-state index contributed by atoms with van der Waals surface area (Å²) in [6.07, 6.45) is 1.83. The zero-order valence-corrected chi connectivity index (χ0v) is 10.2. The fourth-order valence-electron chi connectivity index (χ4n) is 1.65. The molecule has 0 bridgehead atoms. The minimum atomic E-state index is 0.439. The van der Waals surface area contributed by atoms with Gasteiger partial charge in [-0.25, -0.2) is 4.98 Å². The number of imidazole rings is 1. The first-order chi connectivity index (χ1) is 8.19. The highest BCUT2D eigenvalue weighted by molar-refractivity contribution is 5.28. The molecule has 1 aromatic carbocycles. The third-order valence-corrected chi connectivity index (χ3v) is 2.61. The Balaban J connectivity index is 2.04. The van der Waals surface area contributed by atoms with Gasteiger partial charge in [-0.15, -0.1) is 0 Å². The highest BCUT2D eigenvalue weighted by Crippen LogP contribution is 2.14. The van der Waals surface area contributed by atoms with Crippen molar-refractivity contribution >= 4 is 5.82 Å². The van der Waals surface area contributed by atoms with Crippen molar-refractivity contribution in [3.8, 4) is 5.75 Å². The molecule has 4 heteroatoms. The molecule has 2 aromatic rings. The van der Waals surface area contributed by atoms with Crippen LogP contribution in [0.15, 0.2) is 30.5 Å². The first kappa shape index (κ1) is 11.5. The quantitative estimate of drug-likeness (QED) is 0.878. The molecule has 0 saturated carbocycles. The number of hydrogen-bond donors (Lipinski definition) is 1. The van der Waals surface area contributed by atoms with Crippen LogP contribution in [0.1, 0.15) is 18.3 Å². The zero-order chi connectivity index (χ0) is 12.3. The van der Waals surface area contributed by atoms with Crippen LogP contribution in [-0.2, 0) is 13.2 Å². The van der Waals surface area contributed by atoms with Crippen molar-refractivity contribution in [1.82, 2.24) is 9.55 Å². The highest BCUT2D eigenvalue weighted by atomic mass is 16.5. The Hall–Kier alpha value is -1.97. The van der Waals surface area contributed by atoms with Crippen LogP contribution in [0.5, 0.6) is 5.75 Å². The number of ether oxygens (including phenoxy) is 1. The summed E-state index contributed by atoms with van der Waals surface area (Å²) >= 11 is 0.